The summed E-state index contributed by atoms with van der Waals surface area (Å²) < 4.78 is 39.1. The highest BCUT2D eigenvalue weighted by molar-refractivity contribution is 7.87. The Morgan fingerprint density at radius 3 is 2.43 bits per heavy atom. The molecule has 0 aromatic heterocycles. The van der Waals surface area contributed by atoms with Crippen LogP contribution < -0.4 is 9.04 Å². The van der Waals surface area contributed by atoms with Gasteiger partial charge in [-0.2, -0.15) is 8.42 Å². The summed E-state index contributed by atoms with van der Waals surface area (Å²) in [7, 11) is -0.390. The molecule has 0 fully saturated rings. The van der Waals surface area contributed by atoms with Crippen molar-refractivity contribution in [1.29, 1.82) is 0 Å². The van der Waals surface area contributed by atoms with E-state index in [4.69, 9.17) is 4.74 Å². The molecular weight excluding hydrogens is 292 g/mol. The predicted octanol–water partition coefficient (Wildman–Crippen LogP) is 1.87. The molecule has 1 N–H and O–H groups in total. The molecule has 1 aliphatic rings. The Morgan fingerprint density at radius 2 is 1.95 bits per heavy atom. The lowest BCUT2D eigenvalue weighted by atomic mass is 9.83. The molecule has 0 saturated carbocycles. The first-order valence-electron chi connectivity index (χ1n) is 6.81. The average Bonchev–Trinajstić information content (AvgIpc) is 2.61. The summed E-state index contributed by atoms with van der Waals surface area (Å²) in [5.74, 6) is 0.744. The molecule has 6 nitrogen and oxygen atoms in total. The lowest BCUT2D eigenvalue weighted by Gasteiger charge is -2.31. The number of benzene rings is 1. The van der Waals surface area contributed by atoms with Gasteiger partial charge in [0.1, 0.15) is 5.75 Å². The number of hydrogen-bond acceptors (Lipinski definition) is 4. The van der Waals surface area contributed by atoms with Crippen molar-refractivity contribution in [2.45, 2.75) is 32.4 Å². The van der Waals surface area contributed by atoms with Crippen LogP contribution in [0.25, 0.3) is 0 Å². The maximum absolute atomic E-state index is 11.4. The molecule has 0 saturated heterocycles. The van der Waals surface area contributed by atoms with Gasteiger partial charge in [-0.15, -0.1) is 0 Å². The zero-order chi connectivity index (χ0) is 16.0. The third-order valence-corrected chi connectivity index (χ3v) is 4.86. The highest BCUT2D eigenvalue weighted by Gasteiger charge is 2.43. The number of rotatable bonds is 4. The van der Waals surface area contributed by atoms with E-state index in [1.165, 1.54) is 0 Å². The normalized spacial score (nSPS) is 20.2. The fourth-order valence-electron chi connectivity index (χ4n) is 2.91. The number of likely N-dealkylation sites (N-methyl/N-ethyl adjacent to an activating group) is 1. The summed E-state index contributed by atoms with van der Waals surface area (Å²) in [6, 6.07) is 5.17. The molecule has 21 heavy (non-hydrogen) atoms. The lowest BCUT2D eigenvalue weighted by Crippen LogP contribution is -2.43. The van der Waals surface area contributed by atoms with Crippen LogP contribution in [0.4, 0.5) is 5.69 Å². The third-order valence-electron chi connectivity index (χ3n) is 3.84. The molecule has 1 aliphatic heterocycles. The Kier molecular flexibility index (Phi) is 3.94. The Morgan fingerprint density at radius 1 is 1.33 bits per heavy atom. The van der Waals surface area contributed by atoms with Crippen molar-refractivity contribution in [3.63, 3.8) is 0 Å². The molecular formula is C14H22N2O4S. The van der Waals surface area contributed by atoms with Gasteiger partial charge in [0.25, 0.3) is 0 Å². The van der Waals surface area contributed by atoms with Crippen LogP contribution in [-0.2, 0) is 15.7 Å². The second-order valence-corrected chi connectivity index (χ2v) is 7.31. The Labute approximate surface area is 126 Å². The molecule has 1 atom stereocenters. The lowest BCUT2D eigenvalue weighted by molar-refractivity contribution is 0.0338. The van der Waals surface area contributed by atoms with Crippen molar-refractivity contribution in [2.75, 3.05) is 24.9 Å². The molecule has 1 aromatic rings. The van der Waals surface area contributed by atoms with Crippen LogP contribution in [0.3, 0.4) is 0 Å². The first kappa shape index (κ1) is 16.1. The summed E-state index contributed by atoms with van der Waals surface area (Å²) in [5, 5.41) is 0. The molecule has 0 radical (unpaired) electrons. The quantitative estimate of drug-likeness (QED) is 0.859. The van der Waals surface area contributed by atoms with Gasteiger partial charge in [0.05, 0.1) is 5.69 Å². The van der Waals surface area contributed by atoms with Crippen molar-refractivity contribution in [3.05, 3.63) is 23.8 Å². The van der Waals surface area contributed by atoms with Gasteiger partial charge in [0.15, 0.2) is 6.23 Å². The van der Waals surface area contributed by atoms with Crippen LogP contribution in [0.5, 0.6) is 5.75 Å². The second-order valence-electron chi connectivity index (χ2n) is 5.98. The van der Waals surface area contributed by atoms with Crippen LogP contribution in [0.15, 0.2) is 18.2 Å². The molecule has 0 bridgehead atoms. The number of ether oxygens (including phenoxy) is 1. The summed E-state index contributed by atoms with van der Waals surface area (Å²) in [5.41, 5.74) is 1.09. The molecule has 0 spiro atoms. The first-order chi connectivity index (χ1) is 9.59. The van der Waals surface area contributed by atoms with E-state index >= 15 is 0 Å². The van der Waals surface area contributed by atoms with Gasteiger partial charge in [-0.05, 0) is 39.2 Å². The maximum Gasteiger partial charge on any atom is 0.359 e. The minimum Gasteiger partial charge on any atom is -0.474 e. The summed E-state index contributed by atoms with van der Waals surface area (Å²) >= 11 is 0. The summed E-state index contributed by atoms with van der Waals surface area (Å²) in [6.45, 7) is 5.94. The monoisotopic (exact) mass is 314 g/mol. The van der Waals surface area contributed by atoms with Crippen molar-refractivity contribution in [3.8, 4) is 5.75 Å². The predicted molar refractivity (Wildman–Crippen MR) is 82.1 cm³/mol. The van der Waals surface area contributed by atoms with E-state index in [0.717, 1.165) is 15.6 Å². The molecule has 0 amide bonds. The zero-order valence-corrected chi connectivity index (χ0v) is 13.8. The van der Waals surface area contributed by atoms with E-state index in [1.54, 1.807) is 25.1 Å². The first-order valence-corrected chi connectivity index (χ1v) is 8.21. The molecule has 118 valence electrons. The molecule has 1 unspecified atom stereocenters. The van der Waals surface area contributed by atoms with Gasteiger partial charge in [-0.3, -0.25) is 9.45 Å². The minimum absolute atomic E-state index is 0.122. The van der Waals surface area contributed by atoms with E-state index < -0.39 is 10.3 Å². The fourth-order valence-corrected chi connectivity index (χ4v) is 3.62. The van der Waals surface area contributed by atoms with Crippen LogP contribution in [0, 0.1) is 0 Å². The highest BCUT2D eigenvalue weighted by atomic mass is 32.2. The zero-order valence-electron chi connectivity index (χ0n) is 13.0. The van der Waals surface area contributed by atoms with E-state index in [2.05, 4.69) is 13.8 Å². The third kappa shape index (κ3) is 2.73. The molecule has 7 heteroatoms. The SMILES string of the molecule is CCN(c1ccc2c(c1)C(C)(C)C(N(C)C)O2)S(=O)(=O)O. The van der Waals surface area contributed by atoms with Gasteiger partial charge in [0.2, 0.25) is 0 Å². The highest BCUT2D eigenvalue weighted by Crippen LogP contribution is 2.45. The molecule has 0 aliphatic carbocycles. The minimum atomic E-state index is -4.27. The Balaban J connectivity index is 2.50. The van der Waals surface area contributed by atoms with Crippen LogP contribution in [0.1, 0.15) is 26.3 Å². The van der Waals surface area contributed by atoms with Crippen molar-refractivity contribution in [1.82, 2.24) is 4.90 Å². The molecule has 1 heterocycles. The van der Waals surface area contributed by atoms with E-state index in [1.807, 2.05) is 19.0 Å². The number of fused-ring (bicyclic) bond motifs is 1. The van der Waals surface area contributed by atoms with Gasteiger partial charge < -0.3 is 4.74 Å². The van der Waals surface area contributed by atoms with Crippen molar-refractivity contribution in [2.24, 2.45) is 0 Å². The summed E-state index contributed by atoms with van der Waals surface area (Å²) in [6.07, 6.45) is -0.122. The largest absolute Gasteiger partial charge is 0.474 e. The van der Waals surface area contributed by atoms with Gasteiger partial charge in [0, 0.05) is 17.5 Å². The van der Waals surface area contributed by atoms with Crippen molar-refractivity contribution >= 4 is 16.0 Å². The maximum atomic E-state index is 11.4. The standard InChI is InChI=1S/C14H22N2O4S/c1-6-16(21(17,18)19)10-7-8-12-11(9-10)14(2,3)13(20-12)15(4)5/h7-9,13H,6H2,1-5H3,(H,17,18,19). The van der Waals surface area contributed by atoms with Gasteiger partial charge >= 0.3 is 10.3 Å². The van der Waals surface area contributed by atoms with E-state index in [-0.39, 0.29) is 18.2 Å². The van der Waals surface area contributed by atoms with E-state index in [9.17, 15) is 13.0 Å². The van der Waals surface area contributed by atoms with Gasteiger partial charge in [-0.1, -0.05) is 13.8 Å². The average molecular weight is 314 g/mol. The van der Waals surface area contributed by atoms with Crippen LogP contribution in [-0.4, -0.2) is 44.7 Å². The Hall–Kier alpha value is -1.31. The topological polar surface area (TPSA) is 70.1 Å². The van der Waals surface area contributed by atoms with Crippen LogP contribution >= 0.6 is 0 Å². The second kappa shape index (κ2) is 5.15. The van der Waals surface area contributed by atoms with Gasteiger partial charge in [-0.25, -0.2) is 4.31 Å². The van der Waals surface area contributed by atoms with Crippen molar-refractivity contribution < 1.29 is 17.7 Å². The molecule has 1 aromatic carbocycles. The van der Waals surface area contributed by atoms with Crippen LogP contribution in [0.2, 0.25) is 0 Å². The number of anilines is 1. The Bertz CT molecular complexity index is 640. The van der Waals surface area contributed by atoms with E-state index in [0.29, 0.717) is 5.69 Å². The number of hydrogen-bond donors (Lipinski definition) is 1. The fraction of sp³-hybridized carbons (Fsp3) is 0.571. The molecule has 2 rings (SSSR count). The summed E-state index contributed by atoms with van der Waals surface area (Å²) in [4.78, 5) is 1.99. The smallest absolute Gasteiger partial charge is 0.359 e. The number of nitrogens with zero attached hydrogens (tertiary/aromatic N) is 2.